The van der Waals surface area contributed by atoms with E-state index in [9.17, 15) is 22.8 Å². The Labute approximate surface area is 172 Å². The molecule has 2 fully saturated rings. The molecule has 0 unspecified atom stereocenters. The van der Waals surface area contributed by atoms with Crippen LogP contribution in [0.1, 0.15) is 46.4 Å². The van der Waals surface area contributed by atoms with E-state index >= 15 is 0 Å². The fraction of sp³-hybridized carbons (Fsp3) is 0.409. The summed E-state index contributed by atoms with van der Waals surface area (Å²) in [7, 11) is 0. The monoisotopic (exact) mass is 417 g/mol. The van der Waals surface area contributed by atoms with Gasteiger partial charge < -0.3 is 9.80 Å². The summed E-state index contributed by atoms with van der Waals surface area (Å²) in [5, 5.41) is 0. The van der Waals surface area contributed by atoms with Gasteiger partial charge in [-0.25, -0.2) is 18.2 Å². The lowest BCUT2D eigenvalue weighted by Crippen LogP contribution is -2.41. The number of aromatic nitrogens is 1. The van der Waals surface area contributed by atoms with Crippen LogP contribution in [0, 0.1) is 23.4 Å². The van der Waals surface area contributed by atoms with Crippen LogP contribution < -0.4 is 4.90 Å². The number of hydrogen-bond donors (Lipinski definition) is 0. The largest absolute Gasteiger partial charge is 0.356 e. The summed E-state index contributed by atoms with van der Waals surface area (Å²) < 4.78 is 41.0. The van der Waals surface area contributed by atoms with E-state index in [-0.39, 0.29) is 5.91 Å². The average molecular weight is 417 g/mol. The summed E-state index contributed by atoms with van der Waals surface area (Å²) in [6.07, 6.45) is 4.38. The van der Waals surface area contributed by atoms with Gasteiger partial charge in [-0.2, -0.15) is 0 Å². The van der Waals surface area contributed by atoms with Crippen molar-refractivity contribution in [2.75, 3.05) is 31.1 Å². The molecule has 2 aromatic rings. The number of piperidine rings is 1. The molecular formula is C22H22F3N3O2. The Morgan fingerprint density at radius 2 is 1.60 bits per heavy atom. The van der Waals surface area contributed by atoms with Crippen LogP contribution in [-0.2, 0) is 0 Å². The Morgan fingerprint density at radius 3 is 2.23 bits per heavy atom. The van der Waals surface area contributed by atoms with Crippen LogP contribution in [0.4, 0.5) is 19.0 Å². The zero-order valence-electron chi connectivity index (χ0n) is 16.4. The molecule has 0 radical (unpaired) electrons. The first kappa shape index (κ1) is 20.4. The van der Waals surface area contributed by atoms with Crippen molar-refractivity contribution < 1.29 is 22.8 Å². The number of rotatable bonds is 4. The zero-order chi connectivity index (χ0) is 21.3. The maximum absolute atomic E-state index is 14.0. The van der Waals surface area contributed by atoms with Crippen molar-refractivity contribution in [1.82, 2.24) is 9.88 Å². The first-order valence-electron chi connectivity index (χ1n) is 10.1. The third kappa shape index (κ3) is 3.91. The second-order valence-corrected chi connectivity index (χ2v) is 7.74. The van der Waals surface area contributed by atoms with Crippen molar-refractivity contribution in [2.24, 2.45) is 5.92 Å². The average Bonchev–Trinajstić information content (AvgIpc) is 3.27. The molecule has 0 N–H and O–H groups in total. The van der Waals surface area contributed by atoms with E-state index in [4.69, 9.17) is 0 Å². The SMILES string of the molecule is O=C(c1c(F)cc(F)cc1F)C1CCN(C(=O)c2cccnc2N2CCCC2)CC1. The molecule has 30 heavy (non-hydrogen) atoms. The summed E-state index contributed by atoms with van der Waals surface area (Å²) in [5.41, 5.74) is -0.176. The van der Waals surface area contributed by atoms with Gasteiger partial charge in [-0.15, -0.1) is 0 Å². The van der Waals surface area contributed by atoms with Crippen LogP contribution in [0.3, 0.4) is 0 Å². The third-order valence-corrected chi connectivity index (χ3v) is 5.83. The smallest absolute Gasteiger partial charge is 0.257 e. The second-order valence-electron chi connectivity index (χ2n) is 7.74. The quantitative estimate of drug-likeness (QED) is 0.710. The number of anilines is 1. The number of nitrogens with zero attached hydrogens (tertiary/aromatic N) is 3. The first-order chi connectivity index (χ1) is 14.5. The molecule has 0 spiro atoms. The second kappa shape index (κ2) is 8.45. The molecule has 4 rings (SSSR count). The van der Waals surface area contributed by atoms with Crippen LogP contribution >= 0.6 is 0 Å². The molecule has 2 aliphatic rings. The number of halogens is 3. The van der Waals surface area contributed by atoms with Gasteiger partial charge in [0.05, 0.1) is 11.1 Å². The number of pyridine rings is 1. The number of Topliss-reactive ketones (excluding diaryl/α,β-unsaturated/α-hetero) is 1. The topological polar surface area (TPSA) is 53.5 Å². The Balaban J connectivity index is 1.45. The highest BCUT2D eigenvalue weighted by Crippen LogP contribution is 2.28. The van der Waals surface area contributed by atoms with Crippen LogP contribution in [0.25, 0.3) is 0 Å². The summed E-state index contributed by atoms with van der Waals surface area (Å²) in [5.74, 6) is -4.23. The summed E-state index contributed by atoms with van der Waals surface area (Å²) in [4.78, 5) is 33.8. The van der Waals surface area contributed by atoms with E-state index in [0.717, 1.165) is 25.9 Å². The van der Waals surface area contributed by atoms with Crippen molar-refractivity contribution in [3.8, 4) is 0 Å². The molecule has 158 valence electrons. The van der Waals surface area contributed by atoms with E-state index < -0.39 is 34.7 Å². The lowest BCUT2D eigenvalue weighted by atomic mass is 9.88. The van der Waals surface area contributed by atoms with Gasteiger partial charge in [0, 0.05) is 50.4 Å². The molecule has 0 atom stereocenters. The van der Waals surface area contributed by atoms with Crippen molar-refractivity contribution in [1.29, 1.82) is 0 Å². The van der Waals surface area contributed by atoms with Gasteiger partial charge in [-0.1, -0.05) is 0 Å². The summed E-state index contributed by atoms with van der Waals surface area (Å²) >= 11 is 0. The van der Waals surface area contributed by atoms with Crippen molar-refractivity contribution in [2.45, 2.75) is 25.7 Å². The van der Waals surface area contributed by atoms with E-state index in [1.807, 2.05) is 0 Å². The summed E-state index contributed by atoms with van der Waals surface area (Å²) in [6.45, 7) is 2.33. The predicted octanol–water partition coefficient (Wildman–Crippen LogP) is 3.83. The Kier molecular flexibility index (Phi) is 5.74. The third-order valence-electron chi connectivity index (χ3n) is 5.83. The van der Waals surface area contributed by atoms with Gasteiger partial charge in [0.1, 0.15) is 23.3 Å². The van der Waals surface area contributed by atoms with E-state index in [1.54, 1.807) is 23.2 Å². The molecule has 2 aliphatic heterocycles. The molecule has 1 aromatic heterocycles. The number of carbonyl (C=O) groups excluding carboxylic acids is 2. The minimum atomic E-state index is -1.19. The lowest BCUT2D eigenvalue weighted by molar-refractivity contribution is 0.0648. The van der Waals surface area contributed by atoms with Gasteiger partial charge in [0.15, 0.2) is 5.78 Å². The number of likely N-dealkylation sites (tertiary alicyclic amines) is 1. The Bertz CT molecular complexity index is 945. The normalized spacial score (nSPS) is 17.4. The van der Waals surface area contributed by atoms with Gasteiger partial charge in [0.2, 0.25) is 0 Å². The minimum Gasteiger partial charge on any atom is -0.356 e. The Hall–Kier alpha value is -2.90. The molecule has 3 heterocycles. The molecule has 0 bridgehead atoms. The maximum Gasteiger partial charge on any atom is 0.257 e. The molecule has 2 saturated heterocycles. The number of amides is 1. The van der Waals surface area contributed by atoms with Crippen molar-refractivity contribution in [3.63, 3.8) is 0 Å². The van der Waals surface area contributed by atoms with Crippen LogP contribution in [0.15, 0.2) is 30.5 Å². The van der Waals surface area contributed by atoms with E-state index in [2.05, 4.69) is 9.88 Å². The van der Waals surface area contributed by atoms with Gasteiger partial charge in [-0.05, 0) is 37.8 Å². The van der Waals surface area contributed by atoms with Gasteiger partial charge >= 0.3 is 0 Å². The number of ketones is 1. The fourth-order valence-electron chi connectivity index (χ4n) is 4.24. The van der Waals surface area contributed by atoms with Crippen molar-refractivity contribution in [3.05, 3.63) is 59.0 Å². The van der Waals surface area contributed by atoms with Crippen LogP contribution in [0.5, 0.6) is 0 Å². The lowest BCUT2D eigenvalue weighted by Gasteiger charge is -2.32. The number of benzene rings is 1. The van der Waals surface area contributed by atoms with Gasteiger partial charge in [-0.3, -0.25) is 9.59 Å². The van der Waals surface area contributed by atoms with Crippen molar-refractivity contribution >= 4 is 17.5 Å². The van der Waals surface area contributed by atoms with E-state index in [0.29, 0.717) is 49.4 Å². The molecule has 1 aromatic carbocycles. The maximum atomic E-state index is 14.0. The highest BCUT2D eigenvalue weighted by atomic mass is 19.1. The molecule has 0 aliphatic carbocycles. The number of carbonyl (C=O) groups is 2. The number of hydrogen-bond acceptors (Lipinski definition) is 4. The van der Waals surface area contributed by atoms with Gasteiger partial charge in [0.25, 0.3) is 5.91 Å². The van der Waals surface area contributed by atoms with Crippen LogP contribution in [0.2, 0.25) is 0 Å². The Morgan fingerprint density at radius 1 is 0.967 bits per heavy atom. The zero-order valence-corrected chi connectivity index (χ0v) is 16.4. The molecular weight excluding hydrogens is 395 g/mol. The molecule has 5 nitrogen and oxygen atoms in total. The molecule has 1 amide bonds. The molecule has 0 saturated carbocycles. The molecule has 8 heteroatoms. The summed E-state index contributed by atoms with van der Waals surface area (Å²) in [6, 6.07) is 4.50. The van der Waals surface area contributed by atoms with E-state index in [1.165, 1.54) is 0 Å². The highest BCUT2D eigenvalue weighted by molar-refractivity contribution is 6.00. The highest BCUT2D eigenvalue weighted by Gasteiger charge is 2.32. The van der Waals surface area contributed by atoms with Crippen LogP contribution in [-0.4, -0.2) is 47.8 Å². The first-order valence-corrected chi connectivity index (χ1v) is 10.1. The predicted molar refractivity (Wildman–Crippen MR) is 105 cm³/mol. The fourth-order valence-corrected chi connectivity index (χ4v) is 4.24. The minimum absolute atomic E-state index is 0.157. The standard InChI is InChI=1S/C22H22F3N3O2/c23-15-12-17(24)19(18(25)13-15)20(29)14-5-10-28(11-6-14)22(30)16-4-3-7-26-21(16)27-8-1-2-9-27/h3-4,7,12-14H,1-2,5-6,8-11H2.